The lowest BCUT2D eigenvalue weighted by Gasteiger charge is -2.11. The van der Waals surface area contributed by atoms with E-state index in [2.05, 4.69) is 10.6 Å². The van der Waals surface area contributed by atoms with Gasteiger partial charge in [0.05, 0.1) is 11.3 Å². The predicted octanol–water partition coefficient (Wildman–Crippen LogP) is 3.50. The molecule has 3 N–H and O–H groups in total. The van der Waals surface area contributed by atoms with Crippen molar-refractivity contribution in [2.45, 2.75) is 19.0 Å². The largest absolute Gasteiger partial charge is 0.478 e. The minimum Gasteiger partial charge on any atom is -0.478 e. The molecule has 1 aromatic carbocycles. The number of carbonyl (C=O) groups excluding carboxylic acids is 1. The molecular weight excluding hydrogens is 313 g/mol. The number of amides is 2. The average molecular weight is 325 g/mol. The van der Waals surface area contributed by atoms with E-state index in [1.807, 2.05) is 0 Å². The number of hydrogen-bond donors (Lipinski definition) is 3. The molecule has 1 rings (SSSR count). The first-order chi connectivity index (χ1) is 9.69. The molecule has 5 nitrogen and oxygen atoms in total. The molecule has 1 aromatic rings. The Hall–Kier alpha value is -1.96. The molecule has 0 aliphatic rings. The zero-order valence-corrected chi connectivity index (χ0v) is 11.4. The van der Waals surface area contributed by atoms with Crippen molar-refractivity contribution in [3.05, 3.63) is 28.8 Å². The minimum absolute atomic E-state index is 0.0386. The van der Waals surface area contributed by atoms with Crippen LogP contribution in [0.4, 0.5) is 23.7 Å². The first-order valence-electron chi connectivity index (χ1n) is 5.83. The first-order valence-corrected chi connectivity index (χ1v) is 6.21. The molecule has 0 unspecified atom stereocenters. The van der Waals surface area contributed by atoms with Crippen LogP contribution >= 0.6 is 11.6 Å². The molecular formula is C12H12ClF3N2O3. The Labute approximate surface area is 123 Å². The Morgan fingerprint density at radius 3 is 2.52 bits per heavy atom. The molecule has 0 atom stereocenters. The van der Waals surface area contributed by atoms with Crippen LogP contribution in [-0.4, -0.2) is 29.8 Å². The summed E-state index contributed by atoms with van der Waals surface area (Å²) in [6, 6.07) is 2.99. The highest BCUT2D eigenvalue weighted by molar-refractivity contribution is 6.31. The van der Waals surface area contributed by atoms with Gasteiger partial charge in [0.25, 0.3) is 0 Å². The maximum absolute atomic E-state index is 11.9. The molecule has 0 radical (unpaired) electrons. The van der Waals surface area contributed by atoms with E-state index in [0.29, 0.717) is 0 Å². The van der Waals surface area contributed by atoms with Crippen molar-refractivity contribution in [3.63, 3.8) is 0 Å². The summed E-state index contributed by atoms with van der Waals surface area (Å²) in [5.74, 6) is -1.26. The Morgan fingerprint density at radius 2 is 1.95 bits per heavy atom. The standard InChI is InChI=1S/C12H12ClF3N2O3/c13-7-2-3-8(10(19)20)9(6-7)18-11(21)17-5-1-4-12(14,15)16/h2-3,6H,1,4-5H2,(H,19,20)(H2,17,18,21). The highest BCUT2D eigenvalue weighted by Crippen LogP contribution is 2.22. The van der Waals surface area contributed by atoms with Crippen LogP contribution in [-0.2, 0) is 0 Å². The number of anilines is 1. The van der Waals surface area contributed by atoms with Crippen LogP contribution in [0.2, 0.25) is 5.02 Å². The molecule has 0 saturated carbocycles. The molecule has 0 fully saturated rings. The van der Waals surface area contributed by atoms with Gasteiger partial charge >= 0.3 is 18.2 Å². The molecule has 116 valence electrons. The smallest absolute Gasteiger partial charge is 0.389 e. The lowest BCUT2D eigenvalue weighted by atomic mass is 10.2. The van der Waals surface area contributed by atoms with Crippen LogP contribution in [0, 0.1) is 0 Å². The molecule has 0 spiro atoms. The molecule has 2 amide bonds. The number of hydrogen-bond acceptors (Lipinski definition) is 2. The number of benzene rings is 1. The van der Waals surface area contributed by atoms with Crippen LogP contribution < -0.4 is 10.6 Å². The van der Waals surface area contributed by atoms with Gasteiger partial charge < -0.3 is 15.7 Å². The van der Waals surface area contributed by atoms with Crippen LogP contribution in [0.5, 0.6) is 0 Å². The van der Waals surface area contributed by atoms with Gasteiger partial charge in [-0.15, -0.1) is 0 Å². The molecule has 21 heavy (non-hydrogen) atoms. The monoisotopic (exact) mass is 324 g/mol. The summed E-state index contributed by atoms with van der Waals surface area (Å²) in [4.78, 5) is 22.4. The maximum Gasteiger partial charge on any atom is 0.389 e. The minimum atomic E-state index is -4.28. The van der Waals surface area contributed by atoms with E-state index in [1.165, 1.54) is 18.2 Å². The van der Waals surface area contributed by atoms with Crippen molar-refractivity contribution < 1.29 is 27.9 Å². The summed E-state index contributed by atoms with van der Waals surface area (Å²) >= 11 is 5.69. The molecule has 0 bridgehead atoms. The lowest BCUT2D eigenvalue weighted by Crippen LogP contribution is -2.30. The highest BCUT2D eigenvalue weighted by Gasteiger charge is 2.26. The van der Waals surface area contributed by atoms with Gasteiger partial charge in [0.2, 0.25) is 0 Å². The second kappa shape index (κ2) is 7.16. The summed E-state index contributed by atoms with van der Waals surface area (Å²) in [7, 11) is 0. The number of urea groups is 1. The van der Waals surface area contributed by atoms with E-state index in [0.717, 1.165) is 0 Å². The van der Waals surface area contributed by atoms with E-state index in [4.69, 9.17) is 16.7 Å². The number of aromatic carboxylic acids is 1. The van der Waals surface area contributed by atoms with E-state index in [1.54, 1.807) is 0 Å². The van der Waals surface area contributed by atoms with Crippen molar-refractivity contribution in [1.29, 1.82) is 0 Å². The summed E-state index contributed by atoms with van der Waals surface area (Å²) in [6.45, 7) is -0.186. The van der Waals surface area contributed by atoms with E-state index < -0.39 is 24.6 Å². The Bertz CT molecular complexity index is 535. The second-order valence-corrected chi connectivity index (χ2v) is 4.53. The third-order valence-corrected chi connectivity index (χ3v) is 2.62. The zero-order valence-electron chi connectivity index (χ0n) is 10.6. The van der Waals surface area contributed by atoms with Gasteiger partial charge in [0, 0.05) is 18.0 Å². The fourth-order valence-corrected chi connectivity index (χ4v) is 1.64. The van der Waals surface area contributed by atoms with Crippen molar-refractivity contribution in [2.24, 2.45) is 0 Å². The van der Waals surface area contributed by atoms with Gasteiger partial charge in [-0.3, -0.25) is 0 Å². The number of alkyl halides is 3. The average Bonchev–Trinajstić information content (AvgIpc) is 2.33. The number of halogens is 4. The normalized spacial score (nSPS) is 11.0. The van der Waals surface area contributed by atoms with Crippen LogP contribution in [0.3, 0.4) is 0 Å². The predicted molar refractivity (Wildman–Crippen MR) is 70.7 cm³/mol. The van der Waals surface area contributed by atoms with Crippen LogP contribution in [0.1, 0.15) is 23.2 Å². The number of carboxylic acid groups (broad SMARTS) is 1. The fourth-order valence-electron chi connectivity index (χ4n) is 1.46. The Balaban J connectivity index is 2.55. The molecule has 9 heteroatoms. The van der Waals surface area contributed by atoms with E-state index in [9.17, 15) is 22.8 Å². The molecule has 0 aliphatic heterocycles. The highest BCUT2D eigenvalue weighted by atomic mass is 35.5. The number of rotatable bonds is 5. The number of nitrogens with one attached hydrogen (secondary N) is 2. The zero-order chi connectivity index (χ0) is 16.0. The van der Waals surface area contributed by atoms with Crippen LogP contribution in [0.15, 0.2) is 18.2 Å². The third kappa shape index (κ3) is 6.35. The maximum atomic E-state index is 11.9. The van der Waals surface area contributed by atoms with Gasteiger partial charge in [0.1, 0.15) is 0 Å². The quantitative estimate of drug-likeness (QED) is 0.725. The Kier molecular flexibility index (Phi) is 5.83. The summed E-state index contributed by atoms with van der Waals surface area (Å²) in [5.41, 5.74) is -0.215. The molecule has 0 aromatic heterocycles. The van der Waals surface area contributed by atoms with Crippen molar-refractivity contribution in [3.8, 4) is 0 Å². The van der Waals surface area contributed by atoms with Crippen LogP contribution in [0.25, 0.3) is 0 Å². The second-order valence-electron chi connectivity index (χ2n) is 4.09. The SMILES string of the molecule is O=C(NCCCC(F)(F)F)Nc1cc(Cl)ccc1C(=O)O. The summed E-state index contributed by atoms with van der Waals surface area (Å²) in [5, 5.41) is 13.6. The molecule has 0 aliphatic carbocycles. The lowest BCUT2D eigenvalue weighted by molar-refractivity contribution is -0.135. The van der Waals surface area contributed by atoms with Crippen molar-refractivity contribution in [1.82, 2.24) is 5.32 Å². The van der Waals surface area contributed by atoms with Crippen molar-refractivity contribution in [2.75, 3.05) is 11.9 Å². The Morgan fingerprint density at radius 1 is 1.29 bits per heavy atom. The van der Waals surface area contributed by atoms with Gasteiger partial charge in [-0.1, -0.05) is 11.6 Å². The fraction of sp³-hybridized carbons (Fsp3) is 0.333. The van der Waals surface area contributed by atoms with E-state index in [-0.39, 0.29) is 29.2 Å². The third-order valence-electron chi connectivity index (χ3n) is 2.38. The number of carbonyl (C=O) groups is 2. The topological polar surface area (TPSA) is 78.4 Å². The van der Waals surface area contributed by atoms with E-state index >= 15 is 0 Å². The van der Waals surface area contributed by atoms with Gasteiger partial charge in [-0.2, -0.15) is 13.2 Å². The van der Waals surface area contributed by atoms with Gasteiger partial charge in [-0.05, 0) is 24.6 Å². The summed E-state index contributed by atoms with van der Waals surface area (Å²) in [6.07, 6.45) is -5.55. The molecule has 0 heterocycles. The first kappa shape index (κ1) is 17.1. The molecule has 0 saturated heterocycles. The van der Waals surface area contributed by atoms with Gasteiger partial charge in [-0.25, -0.2) is 9.59 Å². The number of carboxylic acids is 1. The summed E-state index contributed by atoms with van der Waals surface area (Å²) < 4.78 is 35.7. The van der Waals surface area contributed by atoms with Gasteiger partial charge in [0.15, 0.2) is 0 Å². The van der Waals surface area contributed by atoms with Crippen molar-refractivity contribution >= 4 is 29.3 Å².